The molecule has 1 aliphatic rings. The Morgan fingerprint density at radius 1 is 1.31 bits per heavy atom. The molecule has 0 aromatic carbocycles. The normalized spacial score (nSPS) is 37.4. The van der Waals surface area contributed by atoms with Gasteiger partial charge in [-0.2, -0.15) is 0 Å². The Morgan fingerprint density at radius 3 is 2.54 bits per heavy atom. The van der Waals surface area contributed by atoms with Crippen LogP contribution in [0.5, 0.6) is 0 Å². The largest absolute Gasteiger partial charge is 0.317 e. The van der Waals surface area contributed by atoms with Gasteiger partial charge in [-0.25, -0.2) is 0 Å². The van der Waals surface area contributed by atoms with Gasteiger partial charge in [0.1, 0.15) is 0 Å². The van der Waals surface area contributed by atoms with Gasteiger partial charge in [0.15, 0.2) is 0 Å². The molecule has 1 rings (SSSR count). The van der Waals surface area contributed by atoms with Crippen LogP contribution in [0, 0.1) is 17.8 Å². The summed E-state index contributed by atoms with van der Waals surface area (Å²) in [5.74, 6) is 2.79. The molecular weight excluding hydrogens is 158 g/mol. The van der Waals surface area contributed by atoms with Gasteiger partial charge in [-0.1, -0.05) is 33.6 Å². The van der Waals surface area contributed by atoms with E-state index < -0.39 is 0 Å². The molecule has 1 fully saturated rings. The average Bonchev–Trinajstić information content (AvgIpc) is 2.13. The summed E-state index contributed by atoms with van der Waals surface area (Å²) >= 11 is 0. The second kappa shape index (κ2) is 4.99. The van der Waals surface area contributed by atoms with Crippen LogP contribution in [0.25, 0.3) is 0 Å². The molecule has 0 saturated heterocycles. The van der Waals surface area contributed by atoms with E-state index in [0.717, 1.165) is 23.8 Å². The Kier molecular flexibility index (Phi) is 4.24. The fraction of sp³-hybridized carbons (Fsp3) is 1.00. The summed E-state index contributed by atoms with van der Waals surface area (Å²) in [5.41, 5.74) is 0. The topological polar surface area (TPSA) is 12.0 Å². The third-order valence-corrected chi connectivity index (χ3v) is 3.85. The highest BCUT2D eigenvalue weighted by molar-refractivity contribution is 4.83. The number of nitrogens with one attached hydrogen (secondary N) is 1. The third kappa shape index (κ3) is 2.70. The van der Waals surface area contributed by atoms with Crippen LogP contribution >= 0.6 is 0 Å². The zero-order valence-corrected chi connectivity index (χ0v) is 9.64. The maximum atomic E-state index is 3.47. The standard InChI is InChI=1S/C12H25N/c1-5-12(13-4)11-8-9(2)6-7-10(11)3/h9-13H,5-8H2,1-4H3. The van der Waals surface area contributed by atoms with Gasteiger partial charge in [0.05, 0.1) is 0 Å². The van der Waals surface area contributed by atoms with Gasteiger partial charge in [0.25, 0.3) is 0 Å². The fourth-order valence-corrected chi connectivity index (χ4v) is 2.86. The Hall–Kier alpha value is -0.0400. The summed E-state index contributed by atoms with van der Waals surface area (Å²) in [5, 5.41) is 3.47. The van der Waals surface area contributed by atoms with Crippen LogP contribution in [-0.2, 0) is 0 Å². The van der Waals surface area contributed by atoms with Crippen molar-refractivity contribution < 1.29 is 0 Å². The van der Waals surface area contributed by atoms with Gasteiger partial charge in [0.2, 0.25) is 0 Å². The summed E-state index contributed by atoms with van der Waals surface area (Å²) in [6.45, 7) is 7.13. The fourth-order valence-electron chi connectivity index (χ4n) is 2.86. The Morgan fingerprint density at radius 2 is 2.00 bits per heavy atom. The highest BCUT2D eigenvalue weighted by Gasteiger charge is 2.29. The lowest BCUT2D eigenvalue weighted by Gasteiger charge is -2.37. The quantitative estimate of drug-likeness (QED) is 0.709. The predicted molar refractivity (Wildman–Crippen MR) is 58.8 cm³/mol. The van der Waals surface area contributed by atoms with Crippen LogP contribution in [0.3, 0.4) is 0 Å². The van der Waals surface area contributed by atoms with Crippen molar-refractivity contribution in [3.63, 3.8) is 0 Å². The molecule has 0 amide bonds. The van der Waals surface area contributed by atoms with Crippen LogP contribution in [0.1, 0.15) is 46.5 Å². The molecule has 4 atom stereocenters. The van der Waals surface area contributed by atoms with E-state index in [0.29, 0.717) is 0 Å². The summed E-state index contributed by atoms with van der Waals surface area (Å²) in [4.78, 5) is 0. The minimum Gasteiger partial charge on any atom is -0.317 e. The molecule has 1 heteroatoms. The predicted octanol–water partition coefficient (Wildman–Crippen LogP) is 3.06. The van der Waals surface area contributed by atoms with Gasteiger partial charge < -0.3 is 5.32 Å². The minimum absolute atomic E-state index is 0.748. The molecule has 0 bridgehead atoms. The van der Waals surface area contributed by atoms with Crippen LogP contribution in [-0.4, -0.2) is 13.1 Å². The van der Waals surface area contributed by atoms with E-state index in [9.17, 15) is 0 Å². The molecule has 4 unspecified atom stereocenters. The number of rotatable bonds is 3. The van der Waals surface area contributed by atoms with Crippen molar-refractivity contribution in [1.82, 2.24) is 5.32 Å². The van der Waals surface area contributed by atoms with Crippen LogP contribution in [0.15, 0.2) is 0 Å². The van der Waals surface area contributed by atoms with Crippen molar-refractivity contribution in [2.45, 2.75) is 52.5 Å². The lowest BCUT2D eigenvalue weighted by molar-refractivity contribution is 0.157. The molecule has 0 aromatic rings. The van der Waals surface area contributed by atoms with Crippen LogP contribution in [0.4, 0.5) is 0 Å². The molecule has 0 spiro atoms. The average molecular weight is 183 g/mol. The molecule has 0 radical (unpaired) electrons. The van der Waals surface area contributed by atoms with E-state index in [-0.39, 0.29) is 0 Å². The Balaban J connectivity index is 2.53. The van der Waals surface area contributed by atoms with E-state index in [4.69, 9.17) is 0 Å². The first-order chi connectivity index (χ1) is 6.19. The molecule has 78 valence electrons. The Bertz CT molecular complexity index is 140. The monoisotopic (exact) mass is 183 g/mol. The first-order valence-corrected chi connectivity index (χ1v) is 5.86. The Labute approximate surface area is 83.3 Å². The molecule has 1 N–H and O–H groups in total. The van der Waals surface area contributed by atoms with Crippen molar-refractivity contribution in [1.29, 1.82) is 0 Å². The molecule has 13 heavy (non-hydrogen) atoms. The molecule has 0 aliphatic heterocycles. The summed E-state index contributed by atoms with van der Waals surface area (Å²) in [6, 6.07) is 0.748. The van der Waals surface area contributed by atoms with Gasteiger partial charge >= 0.3 is 0 Å². The summed E-state index contributed by atoms with van der Waals surface area (Å²) in [7, 11) is 2.11. The van der Waals surface area contributed by atoms with E-state index in [1.807, 2.05) is 0 Å². The van der Waals surface area contributed by atoms with Gasteiger partial charge in [-0.15, -0.1) is 0 Å². The first-order valence-electron chi connectivity index (χ1n) is 5.86. The summed E-state index contributed by atoms with van der Waals surface area (Å²) in [6.07, 6.45) is 5.58. The number of hydrogen-bond acceptors (Lipinski definition) is 1. The van der Waals surface area contributed by atoms with Gasteiger partial charge in [-0.3, -0.25) is 0 Å². The SMILES string of the molecule is CCC(NC)C1CC(C)CCC1C. The second-order valence-corrected chi connectivity index (χ2v) is 4.86. The molecule has 0 aromatic heterocycles. The van der Waals surface area contributed by atoms with Crippen molar-refractivity contribution in [3.05, 3.63) is 0 Å². The second-order valence-electron chi connectivity index (χ2n) is 4.86. The van der Waals surface area contributed by atoms with Crippen molar-refractivity contribution in [3.8, 4) is 0 Å². The molecule has 0 heterocycles. The molecule has 1 saturated carbocycles. The van der Waals surface area contributed by atoms with E-state index in [1.165, 1.54) is 25.7 Å². The lowest BCUT2D eigenvalue weighted by Crippen LogP contribution is -2.39. The lowest BCUT2D eigenvalue weighted by atomic mass is 9.72. The molecular formula is C12H25N. The third-order valence-electron chi connectivity index (χ3n) is 3.85. The van der Waals surface area contributed by atoms with Crippen LogP contribution in [0.2, 0.25) is 0 Å². The van der Waals surface area contributed by atoms with E-state index in [2.05, 4.69) is 33.1 Å². The minimum atomic E-state index is 0.748. The highest BCUT2D eigenvalue weighted by atomic mass is 14.9. The molecule has 1 nitrogen and oxygen atoms in total. The highest BCUT2D eigenvalue weighted by Crippen LogP contribution is 2.35. The maximum absolute atomic E-state index is 3.47. The van der Waals surface area contributed by atoms with Gasteiger partial charge in [0, 0.05) is 6.04 Å². The number of hydrogen-bond donors (Lipinski definition) is 1. The van der Waals surface area contributed by atoms with E-state index in [1.54, 1.807) is 0 Å². The first kappa shape index (κ1) is 11.0. The van der Waals surface area contributed by atoms with Crippen molar-refractivity contribution in [2.24, 2.45) is 17.8 Å². The smallest absolute Gasteiger partial charge is 0.00923 e. The molecule has 1 aliphatic carbocycles. The summed E-state index contributed by atoms with van der Waals surface area (Å²) < 4.78 is 0. The maximum Gasteiger partial charge on any atom is 0.00923 e. The van der Waals surface area contributed by atoms with Gasteiger partial charge in [-0.05, 0) is 37.6 Å². The van der Waals surface area contributed by atoms with E-state index >= 15 is 0 Å². The van der Waals surface area contributed by atoms with Crippen LogP contribution < -0.4 is 5.32 Å². The zero-order valence-electron chi connectivity index (χ0n) is 9.64. The zero-order chi connectivity index (χ0) is 9.84. The van der Waals surface area contributed by atoms with Crippen molar-refractivity contribution >= 4 is 0 Å². The van der Waals surface area contributed by atoms with Crippen molar-refractivity contribution in [2.75, 3.05) is 7.05 Å².